The molecule has 35 heavy (non-hydrogen) atoms. The van der Waals surface area contributed by atoms with Gasteiger partial charge in [-0.1, -0.05) is 30.3 Å². The summed E-state index contributed by atoms with van der Waals surface area (Å²) in [6.45, 7) is 1.00. The number of pyridine rings is 2. The van der Waals surface area contributed by atoms with E-state index in [9.17, 15) is 9.59 Å². The molecule has 1 aliphatic rings. The standard InChI is InChI=1S/C26H31N5O4/c27-20-9-7-19(8-10-20)25(32)30-22-13-15-28-21-11-12-23(31-24(21)22)34-16-4-14-29-26(33)35-17-18-5-2-1-3-6-18/h1-3,5-6,11-13,15,19-20H,4,7-10,14,16-17,27H2,(H,29,33)(H,28,30,32). The molecule has 0 aliphatic heterocycles. The highest BCUT2D eigenvalue weighted by atomic mass is 16.5. The van der Waals surface area contributed by atoms with Crippen molar-refractivity contribution in [1.82, 2.24) is 15.3 Å². The van der Waals surface area contributed by atoms with Crippen molar-refractivity contribution in [1.29, 1.82) is 0 Å². The fourth-order valence-corrected chi connectivity index (χ4v) is 4.02. The summed E-state index contributed by atoms with van der Waals surface area (Å²) in [7, 11) is 0. The van der Waals surface area contributed by atoms with E-state index < -0.39 is 6.09 Å². The monoisotopic (exact) mass is 477 g/mol. The van der Waals surface area contributed by atoms with Crippen LogP contribution in [0.3, 0.4) is 0 Å². The Hall–Kier alpha value is -3.72. The normalized spacial score (nSPS) is 17.5. The minimum absolute atomic E-state index is 0.0113. The van der Waals surface area contributed by atoms with Crippen molar-refractivity contribution in [2.75, 3.05) is 18.5 Å². The van der Waals surface area contributed by atoms with Gasteiger partial charge >= 0.3 is 6.09 Å². The van der Waals surface area contributed by atoms with E-state index in [1.165, 1.54) is 0 Å². The number of aromatic nitrogens is 2. The third-order valence-electron chi connectivity index (χ3n) is 6.01. The Kier molecular flexibility index (Phi) is 8.45. The number of fused-ring (bicyclic) bond motifs is 1. The molecule has 3 aromatic rings. The van der Waals surface area contributed by atoms with Crippen LogP contribution in [0.1, 0.15) is 37.7 Å². The maximum Gasteiger partial charge on any atom is 0.407 e. The van der Waals surface area contributed by atoms with Crippen molar-refractivity contribution < 1.29 is 19.1 Å². The molecule has 1 saturated carbocycles. The number of amides is 2. The van der Waals surface area contributed by atoms with Crippen LogP contribution in [-0.4, -0.2) is 41.2 Å². The van der Waals surface area contributed by atoms with Crippen molar-refractivity contribution in [3.8, 4) is 5.88 Å². The lowest BCUT2D eigenvalue weighted by Gasteiger charge is -2.25. The summed E-state index contributed by atoms with van der Waals surface area (Å²) in [5, 5.41) is 5.72. The highest BCUT2D eigenvalue weighted by Crippen LogP contribution is 2.27. The number of rotatable bonds is 9. The van der Waals surface area contributed by atoms with Crippen LogP contribution in [0.25, 0.3) is 11.0 Å². The summed E-state index contributed by atoms with van der Waals surface area (Å²) in [6, 6.07) is 15.0. The number of carbonyl (C=O) groups is 2. The molecule has 184 valence electrons. The number of carbonyl (C=O) groups excluding carboxylic acids is 2. The molecular weight excluding hydrogens is 446 g/mol. The van der Waals surface area contributed by atoms with E-state index in [-0.39, 0.29) is 24.5 Å². The number of nitrogens with two attached hydrogens (primary N) is 1. The van der Waals surface area contributed by atoms with Gasteiger partial charge in [0.2, 0.25) is 11.8 Å². The van der Waals surface area contributed by atoms with Gasteiger partial charge in [-0.25, -0.2) is 9.78 Å². The molecule has 0 radical (unpaired) electrons. The SMILES string of the molecule is NC1CCC(C(=O)Nc2ccnc3ccc(OCCCNC(=O)OCc4ccccc4)nc23)CC1. The Morgan fingerprint density at radius 2 is 1.83 bits per heavy atom. The second-order valence-electron chi connectivity index (χ2n) is 8.67. The Bertz CT molecular complexity index is 1130. The van der Waals surface area contributed by atoms with Gasteiger partial charge in [0, 0.05) is 30.8 Å². The van der Waals surface area contributed by atoms with Gasteiger partial charge < -0.3 is 25.8 Å². The van der Waals surface area contributed by atoms with Crippen LogP contribution in [0.2, 0.25) is 0 Å². The van der Waals surface area contributed by atoms with E-state index in [2.05, 4.69) is 20.6 Å². The van der Waals surface area contributed by atoms with Crippen LogP contribution in [-0.2, 0) is 16.1 Å². The number of anilines is 1. The fourth-order valence-electron chi connectivity index (χ4n) is 4.02. The molecule has 0 atom stereocenters. The van der Waals surface area contributed by atoms with Crippen LogP contribution in [0.4, 0.5) is 10.5 Å². The molecule has 2 aromatic heterocycles. The minimum atomic E-state index is -0.468. The largest absolute Gasteiger partial charge is 0.478 e. The van der Waals surface area contributed by atoms with Gasteiger partial charge in [-0.3, -0.25) is 9.78 Å². The van der Waals surface area contributed by atoms with Gasteiger partial charge in [-0.05, 0) is 49.8 Å². The average Bonchev–Trinajstić information content (AvgIpc) is 2.88. The van der Waals surface area contributed by atoms with E-state index in [1.807, 2.05) is 36.4 Å². The zero-order chi connectivity index (χ0) is 24.5. The van der Waals surface area contributed by atoms with E-state index in [0.29, 0.717) is 42.2 Å². The van der Waals surface area contributed by atoms with Gasteiger partial charge in [0.05, 0.1) is 17.8 Å². The van der Waals surface area contributed by atoms with E-state index in [4.69, 9.17) is 15.2 Å². The third-order valence-corrected chi connectivity index (χ3v) is 6.01. The maximum absolute atomic E-state index is 12.8. The van der Waals surface area contributed by atoms with Gasteiger partial charge in [0.1, 0.15) is 12.1 Å². The number of hydrogen-bond acceptors (Lipinski definition) is 7. The molecule has 4 rings (SSSR count). The molecule has 1 aromatic carbocycles. The first-order valence-corrected chi connectivity index (χ1v) is 12.0. The predicted octanol–water partition coefficient (Wildman–Crippen LogP) is 3.78. The van der Waals surface area contributed by atoms with Crippen LogP contribution in [0.15, 0.2) is 54.7 Å². The first-order chi connectivity index (χ1) is 17.1. The topological polar surface area (TPSA) is 128 Å². The molecule has 9 heteroatoms. The molecular formula is C26H31N5O4. The maximum atomic E-state index is 12.8. The van der Waals surface area contributed by atoms with Crippen molar-refractivity contribution in [3.63, 3.8) is 0 Å². The van der Waals surface area contributed by atoms with Crippen molar-refractivity contribution in [3.05, 3.63) is 60.3 Å². The molecule has 0 spiro atoms. The summed E-state index contributed by atoms with van der Waals surface area (Å²) < 4.78 is 10.9. The van der Waals surface area contributed by atoms with Crippen molar-refractivity contribution in [2.24, 2.45) is 11.7 Å². The zero-order valence-electron chi connectivity index (χ0n) is 19.6. The number of hydrogen-bond donors (Lipinski definition) is 3. The lowest BCUT2D eigenvalue weighted by molar-refractivity contribution is -0.120. The van der Waals surface area contributed by atoms with E-state index in [1.54, 1.807) is 18.3 Å². The number of ether oxygens (including phenoxy) is 2. The molecule has 2 heterocycles. The number of benzene rings is 1. The van der Waals surface area contributed by atoms with Crippen LogP contribution in [0, 0.1) is 5.92 Å². The van der Waals surface area contributed by atoms with Crippen LogP contribution < -0.4 is 21.1 Å². The van der Waals surface area contributed by atoms with Gasteiger partial charge in [0.15, 0.2) is 0 Å². The highest BCUT2D eigenvalue weighted by molar-refractivity contribution is 6.00. The van der Waals surface area contributed by atoms with Gasteiger partial charge in [-0.15, -0.1) is 0 Å². The second kappa shape index (κ2) is 12.1. The highest BCUT2D eigenvalue weighted by Gasteiger charge is 2.25. The van der Waals surface area contributed by atoms with Crippen LogP contribution >= 0.6 is 0 Å². The number of nitrogens with one attached hydrogen (secondary N) is 2. The first kappa shape index (κ1) is 24.4. The molecule has 4 N–H and O–H groups in total. The summed E-state index contributed by atoms with van der Waals surface area (Å²) >= 11 is 0. The third kappa shape index (κ3) is 7.13. The Balaban J connectivity index is 1.24. The fraction of sp³-hybridized carbons (Fsp3) is 0.385. The van der Waals surface area contributed by atoms with Gasteiger partial charge in [-0.2, -0.15) is 0 Å². The molecule has 9 nitrogen and oxygen atoms in total. The minimum Gasteiger partial charge on any atom is -0.478 e. The number of nitrogens with zero attached hydrogens (tertiary/aromatic N) is 2. The summed E-state index contributed by atoms with van der Waals surface area (Å²) in [4.78, 5) is 33.5. The first-order valence-electron chi connectivity index (χ1n) is 12.0. The van der Waals surface area contributed by atoms with Crippen LogP contribution in [0.5, 0.6) is 5.88 Å². The summed E-state index contributed by atoms with van der Waals surface area (Å²) in [5.41, 5.74) is 8.75. The average molecular weight is 478 g/mol. The van der Waals surface area contributed by atoms with Crippen molar-refractivity contribution >= 4 is 28.7 Å². The van der Waals surface area contributed by atoms with E-state index >= 15 is 0 Å². The Morgan fingerprint density at radius 3 is 2.63 bits per heavy atom. The molecule has 2 amide bonds. The lowest BCUT2D eigenvalue weighted by atomic mass is 9.86. The zero-order valence-corrected chi connectivity index (χ0v) is 19.6. The Morgan fingerprint density at radius 1 is 1.03 bits per heavy atom. The number of alkyl carbamates (subject to hydrolysis) is 1. The predicted molar refractivity (Wildman–Crippen MR) is 133 cm³/mol. The van der Waals surface area contributed by atoms with Gasteiger partial charge in [0.25, 0.3) is 0 Å². The quantitative estimate of drug-likeness (QED) is 0.400. The van der Waals surface area contributed by atoms with E-state index in [0.717, 1.165) is 31.2 Å². The molecule has 1 aliphatic carbocycles. The lowest BCUT2D eigenvalue weighted by Crippen LogP contribution is -2.32. The molecule has 0 unspecified atom stereocenters. The molecule has 0 saturated heterocycles. The second-order valence-corrected chi connectivity index (χ2v) is 8.67. The van der Waals surface area contributed by atoms with Crippen molar-refractivity contribution in [2.45, 2.75) is 44.8 Å². The summed E-state index contributed by atoms with van der Waals surface area (Å²) in [5.74, 6) is 0.378. The Labute approximate surface area is 204 Å². The summed E-state index contributed by atoms with van der Waals surface area (Å²) in [6.07, 6.45) is 5.09. The molecule has 0 bridgehead atoms. The smallest absolute Gasteiger partial charge is 0.407 e. The molecule has 1 fully saturated rings.